The van der Waals surface area contributed by atoms with Crippen LogP contribution in [0.15, 0.2) is 36.4 Å². The average molecular weight is 463 g/mol. The van der Waals surface area contributed by atoms with Crippen molar-refractivity contribution in [1.82, 2.24) is 0 Å². The number of benzene rings is 2. The van der Waals surface area contributed by atoms with Gasteiger partial charge in [-0.25, -0.2) is 4.39 Å². The van der Waals surface area contributed by atoms with Gasteiger partial charge in [-0.15, -0.1) is 0 Å². The molecule has 180 valence electrons. The summed E-state index contributed by atoms with van der Waals surface area (Å²) in [6, 6.07) is 7.68. The summed E-state index contributed by atoms with van der Waals surface area (Å²) in [4.78, 5) is 10.8. The van der Waals surface area contributed by atoms with E-state index in [9.17, 15) is 24.5 Å². The number of aliphatic hydroxyl groups excluding tert-OH is 3. The van der Waals surface area contributed by atoms with E-state index in [1.54, 1.807) is 24.3 Å². The second-order valence-corrected chi connectivity index (χ2v) is 7.93. The number of carboxylic acid groups (broad SMARTS) is 1. The molecule has 0 saturated heterocycles. The van der Waals surface area contributed by atoms with E-state index in [4.69, 9.17) is 14.6 Å². The van der Waals surface area contributed by atoms with E-state index in [1.165, 1.54) is 25.3 Å². The van der Waals surface area contributed by atoms with Gasteiger partial charge in [-0.3, -0.25) is 4.79 Å². The molecule has 4 N–H and O–H groups in total. The molecule has 2 rings (SSSR count). The maximum atomic E-state index is 13.6. The number of rotatable bonds is 12. The van der Waals surface area contributed by atoms with Crippen molar-refractivity contribution in [2.75, 3.05) is 20.3 Å². The SMILES string of the molecule is COc1c(OCCO)cc(C(C)C)c(C=CC(O)CC(O)CC(=O)O)c1-c1ccc(F)cc1. The van der Waals surface area contributed by atoms with Crippen LogP contribution in [-0.4, -0.2) is 58.9 Å². The third kappa shape index (κ3) is 7.28. The third-order valence-electron chi connectivity index (χ3n) is 5.03. The van der Waals surface area contributed by atoms with Gasteiger partial charge in [-0.2, -0.15) is 0 Å². The van der Waals surface area contributed by atoms with Crippen molar-refractivity contribution >= 4 is 12.0 Å². The van der Waals surface area contributed by atoms with Crippen molar-refractivity contribution in [3.63, 3.8) is 0 Å². The number of carbonyl (C=O) groups is 1. The zero-order valence-electron chi connectivity index (χ0n) is 19.0. The van der Waals surface area contributed by atoms with Gasteiger partial charge in [0, 0.05) is 12.0 Å². The van der Waals surface area contributed by atoms with E-state index in [2.05, 4.69) is 0 Å². The minimum Gasteiger partial charge on any atom is -0.492 e. The van der Waals surface area contributed by atoms with Gasteiger partial charge in [0.25, 0.3) is 0 Å². The zero-order valence-corrected chi connectivity index (χ0v) is 19.0. The Morgan fingerprint density at radius 3 is 2.39 bits per heavy atom. The van der Waals surface area contributed by atoms with E-state index in [0.717, 1.165) is 5.56 Å². The van der Waals surface area contributed by atoms with Gasteiger partial charge in [0.05, 0.1) is 32.3 Å². The van der Waals surface area contributed by atoms with Crippen LogP contribution < -0.4 is 9.47 Å². The fraction of sp³-hybridized carbons (Fsp3) is 0.400. The van der Waals surface area contributed by atoms with Crippen LogP contribution in [0.3, 0.4) is 0 Å². The predicted octanol–water partition coefficient (Wildman–Crippen LogP) is 3.60. The molecule has 2 atom stereocenters. The lowest BCUT2D eigenvalue weighted by Crippen LogP contribution is -2.19. The van der Waals surface area contributed by atoms with E-state index in [0.29, 0.717) is 28.2 Å². The molecule has 0 heterocycles. The lowest BCUT2D eigenvalue weighted by molar-refractivity contribution is -0.139. The Kier molecular flexibility index (Phi) is 9.84. The molecule has 33 heavy (non-hydrogen) atoms. The second-order valence-electron chi connectivity index (χ2n) is 7.93. The van der Waals surface area contributed by atoms with Crippen molar-refractivity contribution in [1.29, 1.82) is 0 Å². The van der Waals surface area contributed by atoms with Gasteiger partial charge in [0.1, 0.15) is 12.4 Å². The molecule has 8 heteroatoms. The average Bonchev–Trinajstić information content (AvgIpc) is 2.75. The number of hydrogen-bond acceptors (Lipinski definition) is 6. The highest BCUT2D eigenvalue weighted by Crippen LogP contribution is 2.45. The highest BCUT2D eigenvalue weighted by atomic mass is 19.1. The first-order chi connectivity index (χ1) is 15.7. The monoisotopic (exact) mass is 462 g/mol. The van der Waals surface area contributed by atoms with E-state index >= 15 is 0 Å². The van der Waals surface area contributed by atoms with Crippen LogP contribution in [0.4, 0.5) is 4.39 Å². The predicted molar refractivity (Wildman–Crippen MR) is 123 cm³/mol. The van der Waals surface area contributed by atoms with Crippen LogP contribution in [0.1, 0.15) is 43.7 Å². The fourth-order valence-electron chi connectivity index (χ4n) is 3.55. The molecule has 0 aliphatic heterocycles. The molecule has 0 spiro atoms. The number of ether oxygens (including phenoxy) is 2. The van der Waals surface area contributed by atoms with E-state index in [-0.39, 0.29) is 25.6 Å². The van der Waals surface area contributed by atoms with Gasteiger partial charge in [0.15, 0.2) is 11.5 Å². The van der Waals surface area contributed by atoms with Crippen LogP contribution in [-0.2, 0) is 4.79 Å². The standard InChI is InChI=1S/C25H31FO7/c1-15(2)21-14-22(33-11-10-27)25(32-3)24(16-4-6-17(26)7-5-16)20(21)9-8-18(28)12-19(29)13-23(30)31/h4-9,14-15,18-19,27-29H,10-13H2,1-3H3,(H,30,31). The number of aliphatic carboxylic acids is 1. The summed E-state index contributed by atoms with van der Waals surface area (Å²) in [6.45, 7) is 3.84. The third-order valence-corrected chi connectivity index (χ3v) is 5.03. The van der Waals surface area contributed by atoms with Crippen molar-refractivity contribution in [2.45, 2.75) is 44.8 Å². The summed E-state index contributed by atoms with van der Waals surface area (Å²) in [5.74, 6) is -0.707. The summed E-state index contributed by atoms with van der Waals surface area (Å²) >= 11 is 0. The number of carboxylic acids is 1. The van der Waals surface area contributed by atoms with Crippen molar-refractivity contribution in [3.8, 4) is 22.6 Å². The zero-order chi connectivity index (χ0) is 24.5. The smallest absolute Gasteiger partial charge is 0.305 e. The minimum atomic E-state index is -1.19. The summed E-state index contributed by atoms with van der Waals surface area (Å²) < 4.78 is 25.0. The molecule has 0 aromatic heterocycles. The second kappa shape index (κ2) is 12.3. The van der Waals surface area contributed by atoms with Gasteiger partial charge in [-0.1, -0.05) is 38.1 Å². The van der Waals surface area contributed by atoms with E-state index < -0.39 is 30.4 Å². The number of aliphatic hydroxyl groups is 3. The molecule has 0 saturated carbocycles. The number of methoxy groups -OCH3 is 1. The molecular formula is C25H31FO7. The molecule has 0 aliphatic rings. The van der Waals surface area contributed by atoms with Crippen LogP contribution >= 0.6 is 0 Å². The quantitative estimate of drug-likeness (QED) is 0.381. The lowest BCUT2D eigenvalue weighted by Gasteiger charge is -2.22. The summed E-state index contributed by atoms with van der Waals surface area (Å²) in [5, 5.41) is 38.2. The molecule has 7 nitrogen and oxygen atoms in total. The highest BCUT2D eigenvalue weighted by Gasteiger charge is 2.22. The summed E-state index contributed by atoms with van der Waals surface area (Å²) in [5.41, 5.74) is 2.84. The van der Waals surface area contributed by atoms with Crippen molar-refractivity contribution in [3.05, 3.63) is 53.4 Å². The van der Waals surface area contributed by atoms with Gasteiger partial charge in [0.2, 0.25) is 0 Å². The normalized spacial score (nSPS) is 13.3. The summed E-state index contributed by atoms with van der Waals surface area (Å²) in [6.07, 6.45) is 0.287. The lowest BCUT2D eigenvalue weighted by atomic mass is 9.88. The molecule has 2 aromatic rings. The van der Waals surface area contributed by atoms with Crippen LogP contribution in [0.2, 0.25) is 0 Å². The molecule has 0 fully saturated rings. The molecule has 0 bridgehead atoms. The van der Waals surface area contributed by atoms with Crippen LogP contribution in [0, 0.1) is 5.82 Å². The largest absolute Gasteiger partial charge is 0.492 e. The summed E-state index contributed by atoms with van der Waals surface area (Å²) in [7, 11) is 1.48. The molecule has 0 radical (unpaired) electrons. The first-order valence-electron chi connectivity index (χ1n) is 10.7. The van der Waals surface area contributed by atoms with Crippen LogP contribution in [0.25, 0.3) is 17.2 Å². The van der Waals surface area contributed by atoms with Crippen molar-refractivity contribution in [2.24, 2.45) is 0 Å². The molecular weight excluding hydrogens is 431 g/mol. The Morgan fingerprint density at radius 1 is 1.18 bits per heavy atom. The maximum absolute atomic E-state index is 13.6. The van der Waals surface area contributed by atoms with Crippen molar-refractivity contribution < 1.29 is 39.1 Å². The molecule has 2 unspecified atom stereocenters. The molecule has 0 amide bonds. The van der Waals surface area contributed by atoms with Crippen LogP contribution in [0.5, 0.6) is 11.5 Å². The first kappa shape index (κ1) is 26.3. The first-order valence-corrected chi connectivity index (χ1v) is 10.7. The van der Waals surface area contributed by atoms with Gasteiger partial charge >= 0.3 is 5.97 Å². The minimum absolute atomic E-state index is 0.0287. The Labute approximate surface area is 192 Å². The maximum Gasteiger partial charge on any atom is 0.305 e. The van der Waals surface area contributed by atoms with E-state index in [1.807, 2.05) is 13.8 Å². The molecule has 0 aliphatic carbocycles. The highest BCUT2D eigenvalue weighted by molar-refractivity contribution is 5.85. The number of hydrogen-bond donors (Lipinski definition) is 4. The Hall–Kier alpha value is -2.94. The fourth-order valence-corrected chi connectivity index (χ4v) is 3.55. The van der Waals surface area contributed by atoms with Gasteiger partial charge in [-0.05, 0) is 40.8 Å². The Bertz CT molecular complexity index is 954. The van der Waals surface area contributed by atoms with Gasteiger partial charge < -0.3 is 29.9 Å². The Morgan fingerprint density at radius 2 is 1.85 bits per heavy atom. The number of halogens is 1. The topological polar surface area (TPSA) is 116 Å². The molecule has 2 aromatic carbocycles. The Balaban J connectivity index is 2.63.